The maximum atomic E-state index is 10.7. The summed E-state index contributed by atoms with van der Waals surface area (Å²) >= 11 is 2.18. The Hall–Kier alpha value is -0.780. The standard InChI is InChI=1S/C9H10INO2/c1-13-8-5-7(10)3-2-6(8)4-9(11)12/h2-3,5H,4H2,1H3,(H2,11,12). The number of amides is 1. The van der Waals surface area contributed by atoms with Crippen LogP contribution >= 0.6 is 22.6 Å². The molecule has 3 nitrogen and oxygen atoms in total. The Balaban J connectivity index is 2.99. The molecule has 0 aromatic heterocycles. The number of hydrogen-bond donors (Lipinski definition) is 1. The zero-order valence-electron chi connectivity index (χ0n) is 7.21. The average molecular weight is 291 g/mol. The van der Waals surface area contributed by atoms with Gasteiger partial charge in [0.2, 0.25) is 5.91 Å². The topological polar surface area (TPSA) is 52.3 Å². The van der Waals surface area contributed by atoms with Crippen LogP contribution in [0.25, 0.3) is 0 Å². The smallest absolute Gasteiger partial charge is 0.221 e. The Morgan fingerprint density at radius 2 is 2.31 bits per heavy atom. The molecule has 0 aliphatic rings. The van der Waals surface area contributed by atoms with E-state index in [1.165, 1.54) is 0 Å². The monoisotopic (exact) mass is 291 g/mol. The van der Waals surface area contributed by atoms with Gasteiger partial charge in [0.05, 0.1) is 13.5 Å². The van der Waals surface area contributed by atoms with Gasteiger partial charge in [-0.1, -0.05) is 6.07 Å². The Morgan fingerprint density at radius 1 is 1.62 bits per heavy atom. The molecule has 0 unspecified atom stereocenters. The lowest BCUT2D eigenvalue weighted by Gasteiger charge is -2.06. The van der Waals surface area contributed by atoms with E-state index in [0.717, 1.165) is 9.13 Å². The van der Waals surface area contributed by atoms with Gasteiger partial charge in [-0.2, -0.15) is 0 Å². The molecule has 4 heteroatoms. The maximum Gasteiger partial charge on any atom is 0.221 e. The summed E-state index contributed by atoms with van der Waals surface area (Å²) in [6.45, 7) is 0. The fraction of sp³-hybridized carbons (Fsp3) is 0.222. The third-order valence-electron chi connectivity index (χ3n) is 1.61. The minimum atomic E-state index is -0.348. The second-order valence-corrected chi connectivity index (χ2v) is 3.84. The largest absolute Gasteiger partial charge is 0.496 e. The molecular weight excluding hydrogens is 281 g/mol. The Labute approximate surface area is 90.4 Å². The Bertz CT molecular complexity index is 325. The van der Waals surface area contributed by atoms with Crippen molar-refractivity contribution in [3.8, 4) is 5.75 Å². The summed E-state index contributed by atoms with van der Waals surface area (Å²) in [5.74, 6) is 0.366. The van der Waals surface area contributed by atoms with Crippen LogP contribution in [-0.2, 0) is 11.2 Å². The number of hydrogen-bond acceptors (Lipinski definition) is 2. The highest BCUT2D eigenvalue weighted by atomic mass is 127. The normalized spacial score (nSPS) is 9.69. The number of halogens is 1. The number of benzene rings is 1. The fourth-order valence-corrected chi connectivity index (χ4v) is 1.51. The van der Waals surface area contributed by atoms with Gasteiger partial charge in [0.25, 0.3) is 0 Å². The van der Waals surface area contributed by atoms with Gasteiger partial charge in [-0.15, -0.1) is 0 Å². The highest BCUT2D eigenvalue weighted by Gasteiger charge is 2.05. The van der Waals surface area contributed by atoms with E-state index in [-0.39, 0.29) is 12.3 Å². The minimum absolute atomic E-state index is 0.222. The third-order valence-corrected chi connectivity index (χ3v) is 2.28. The van der Waals surface area contributed by atoms with Gasteiger partial charge in [0, 0.05) is 9.13 Å². The van der Waals surface area contributed by atoms with E-state index < -0.39 is 0 Å². The van der Waals surface area contributed by atoms with Gasteiger partial charge < -0.3 is 10.5 Å². The van der Waals surface area contributed by atoms with Crippen molar-refractivity contribution in [3.63, 3.8) is 0 Å². The number of rotatable bonds is 3. The molecule has 1 aromatic carbocycles. The van der Waals surface area contributed by atoms with Gasteiger partial charge in [0.15, 0.2) is 0 Å². The lowest BCUT2D eigenvalue weighted by atomic mass is 10.1. The van der Waals surface area contributed by atoms with Crippen molar-refractivity contribution < 1.29 is 9.53 Å². The molecule has 70 valence electrons. The van der Waals surface area contributed by atoms with E-state index in [2.05, 4.69) is 22.6 Å². The van der Waals surface area contributed by atoms with Crippen LogP contribution in [0.5, 0.6) is 5.75 Å². The summed E-state index contributed by atoms with van der Waals surface area (Å²) in [5.41, 5.74) is 5.92. The summed E-state index contributed by atoms with van der Waals surface area (Å²) < 4.78 is 6.19. The van der Waals surface area contributed by atoms with Crippen molar-refractivity contribution in [2.75, 3.05) is 7.11 Å². The van der Waals surface area contributed by atoms with E-state index >= 15 is 0 Å². The molecule has 0 atom stereocenters. The van der Waals surface area contributed by atoms with Gasteiger partial charge >= 0.3 is 0 Å². The first kappa shape index (κ1) is 10.3. The first-order chi connectivity index (χ1) is 6.13. The molecule has 0 bridgehead atoms. The van der Waals surface area contributed by atoms with Crippen LogP contribution in [0.2, 0.25) is 0 Å². The highest BCUT2D eigenvalue weighted by Crippen LogP contribution is 2.21. The van der Waals surface area contributed by atoms with Gasteiger partial charge in [-0.05, 0) is 34.7 Å². The van der Waals surface area contributed by atoms with Crippen molar-refractivity contribution in [3.05, 3.63) is 27.3 Å². The number of ether oxygens (including phenoxy) is 1. The second kappa shape index (κ2) is 4.45. The molecule has 0 fully saturated rings. The second-order valence-electron chi connectivity index (χ2n) is 2.60. The van der Waals surface area contributed by atoms with Crippen molar-refractivity contribution in [1.82, 2.24) is 0 Å². The Morgan fingerprint density at radius 3 is 2.85 bits per heavy atom. The fourth-order valence-electron chi connectivity index (χ4n) is 1.05. The van der Waals surface area contributed by atoms with Crippen molar-refractivity contribution >= 4 is 28.5 Å². The van der Waals surface area contributed by atoms with E-state index in [9.17, 15) is 4.79 Å². The number of primary amides is 1. The van der Waals surface area contributed by atoms with Crippen molar-refractivity contribution in [2.45, 2.75) is 6.42 Å². The quantitative estimate of drug-likeness (QED) is 0.854. The molecule has 0 heterocycles. The molecule has 1 aromatic rings. The Kier molecular flexibility index (Phi) is 3.53. The number of nitrogens with two attached hydrogens (primary N) is 1. The molecule has 0 saturated carbocycles. The SMILES string of the molecule is COc1cc(I)ccc1CC(N)=O. The molecule has 13 heavy (non-hydrogen) atoms. The van der Waals surface area contributed by atoms with Gasteiger partial charge in [-0.25, -0.2) is 0 Å². The molecular formula is C9H10INO2. The van der Waals surface area contributed by atoms with E-state index in [4.69, 9.17) is 10.5 Å². The van der Waals surface area contributed by atoms with Crippen LogP contribution < -0.4 is 10.5 Å². The van der Waals surface area contributed by atoms with Crippen LogP contribution in [-0.4, -0.2) is 13.0 Å². The van der Waals surface area contributed by atoms with Crippen molar-refractivity contribution in [1.29, 1.82) is 0 Å². The van der Waals surface area contributed by atoms with Crippen LogP contribution in [0.4, 0.5) is 0 Å². The lowest BCUT2D eigenvalue weighted by molar-refractivity contribution is -0.117. The van der Waals surface area contributed by atoms with Crippen LogP contribution in [0, 0.1) is 3.57 Å². The third kappa shape index (κ3) is 2.87. The lowest BCUT2D eigenvalue weighted by Crippen LogP contribution is -2.14. The zero-order valence-corrected chi connectivity index (χ0v) is 9.37. The van der Waals surface area contributed by atoms with Crippen LogP contribution in [0.3, 0.4) is 0 Å². The predicted molar refractivity (Wildman–Crippen MR) is 58.6 cm³/mol. The zero-order chi connectivity index (χ0) is 9.84. The van der Waals surface area contributed by atoms with E-state index in [0.29, 0.717) is 5.75 Å². The maximum absolute atomic E-state index is 10.7. The van der Waals surface area contributed by atoms with Crippen LogP contribution in [0.1, 0.15) is 5.56 Å². The van der Waals surface area contributed by atoms with Gasteiger partial charge in [0.1, 0.15) is 5.75 Å². The minimum Gasteiger partial charge on any atom is -0.496 e. The summed E-state index contributed by atoms with van der Waals surface area (Å²) in [5, 5.41) is 0. The first-order valence-electron chi connectivity index (χ1n) is 3.74. The molecule has 0 saturated heterocycles. The van der Waals surface area contributed by atoms with Crippen molar-refractivity contribution in [2.24, 2.45) is 5.73 Å². The number of carbonyl (C=O) groups excluding carboxylic acids is 1. The molecule has 1 amide bonds. The summed E-state index contributed by atoms with van der Waals surface area (Å²) in [6.07, 6.45) is 0.222. The summed E-state index contributed by atoms with van der Waals surface area (Å²) in [6, 6.07) is 5.64. The highest BCUT2D eigenvalue weighted by molar-refractivity contribution is 14.1. The number of methoxy groups -OCH3 is 1. The van der Waals surface area contributed by atoms with Gasteiger partial charge in [-0.3, -0.25) is 4.79 Å². The molecule has 0 spiro atoms. The first-order valence-corrected chi connectivity index (χ1v) is 4.82. The van der Waals surface area contributed by atoms with E-state index in [1.54, 1.807) is 7.11 Å². The molecule has 2 N–H and O–H groups in total. The molecule has 0 aliphatic heterocycles. The average Bonchev–Trinajstić information content (AvgIpc) is 2.07. The summed E-state index contributed by atoms with van der Waals surface area (Å²) in [4.78, 5) is 10.7. The molecule has 0 aliphatic carbocycles. The predicted octanol–water partition coefficient (Wildman–Crippen LogP) is 1.33. The molecule has 0 radical (unpaired) electrons. The number of carbonyl (C=O) groups is 1. The molecule has 1 rings (SSSR count). The summed E-state index contributed by atoms with van der Waals surface area (Å²) in [7, 11) is 1.58. The van der Waals surface area contributed by atoms with Crippen LogP contribution in [0.15, 0.2) is 18.2 Å². The van der Waals surface area contributed by atoms with E-state index in [1.807, 2.05) is 18.2 Å².